The Morgan fingerprint density at radius 3 is 2.41 bits per heavy atom. The summed E-state index contributed by atoms with van der Waals surface area (Å²) in [6, 6.07) is 21.1. The second-order valence-corrected chi connectivity index (χ2v) is 9.84. The Bertz CT molecular complexity index is 1700. The Kier molecular flexibility index (Phi) is 7.56. The summed E-state index contributed by atoms with van der Waals surface area (Å²) in [6.07, 6.45) is 0.856. The molecule has 0 aliphatic heterocycles. The molecule has 0 saturated carbocycles. The second-order valence-electron chi connectivity index (χ2n) is 9.84. The third-order valence-electron chi connectivity index (χ3n) is 7.29. The number of benzene rings is 3. The fraction of sp³-hybridized carbons (Fsp3) is 0.290. The molecule has 0 fully saturated rings. The molecule has 39 heavy (non-hydrogen) atoms. The molecule has 0 aliphatic rings. The average Bonchev–Trinajstić information content (AvgIpc) is 3.25. The van der Waals surface area contributed by atoms with Crippen molar-refractivity contribution in [3.8, 4) is 11.3 Å². The van der Waals surface area contributed by atoms with E-state index in [4.69, 9.17) is 4.98 Å². The summed E-state index contributed by atoms with van der Waals surface area (Å²) >= 11 is 0. The molecule has 8 nitrogen and oxygen atoms in total. The summed E-state index contributed by atoms with van der Waals surface area (Å²) in [5.74, 6) is 0.683. The molecule has 1 N–H and O–H groups in total. The van der Waals surface area contributed by atoms with Crippen molar-refractivity contribution in [2.75, 3.05) is 25.0 Å². The third-order valence-corrected chi connectivity index (χ3v) is 7.29. The third kappa shape index (κ3) is 5.47. The highest BCUT2D eigenvalue weighted by atomic mass is 16.2. The summed E-state index contributed by atoms with van der Waals surface area (Å²) in [5, 5.41) is 8.84. The van der Waals surface area contributed by atoms with Gasteiger partial charge in [0.2, 0.25) is 5.91 Å². The van der Waals surface area contributed by atoms with E-state index in [9.17, 15) is 9.59 Å². The van der Waals surface area contributed by atoms with Crippen LogP contribution in [0.1, 0.15) is 25.2 Å². The topological polar surface area (TPSA) is 85.1 Å². The Morgan fingerprint density at radius 1 is 0.974 bits per heavy atom. The number of anilines is 1. The van der Waals surface area contributed by atoms with E-state index in [1.54, 1.807) is 6.07 Å². The van der Waals surface area contributed by atoms with Crippen molar-refractivity contribution in [1.29, 1.82) is 0 Å². The minimum atomic E-state index is -0.327. The quantitative estimate of drug-likeness (QED) is 0.301. The normalized spacial score (nSPS) is 11.5. The minimum absolute atomic E-state index is 0.197. The molecule has 5 aromatic rings. The zero-order chi connectivity index (χ0) is 27.5. The maximum Gasteiger partial charge on any atom is 0.275 e. The molecule has 5 rings (SSSR count). The van der Waals surface area contributed by atoms with Gasteiger partial charge in [-0.3, -0.25) is 9.59 Å². The minimum Gasteiger partial charge on any atom is -0.331 e. The summed E-state index contributed by atoms with van der Waals surface area (Å²) in [6.45, 7) is 9.13. The lowest BCUT2D eigenvalue weighted by Crippen LogP contribution is -2.30. The molecule has 2 aromatic heterocycles. The lowest BCUT2D eigenvalue weighted by Gasteiger charge is -2.17. The highest BCUT2D eigenvalue weighted by Crippen LogP contribution is 2.25. The first-order valence-electron chi connectivity index (χ1n) is 13.4. The maximum atomic E-state index is 13.2. The number of hydrogen-bond acceptors (Lipinski definition) is 5. The molecular formula is C31H34N6O2. The van der Waals surface area contributed by atoms with Crippen molar-refractivity contribution in [1.82, 2.24) is 24.2 Å². The molecule has 0 aliphatic carbocycles. The summed E-state index contributed by atoms with van der Waals surface area (Å²) in [5.41, 5.74) is 4.87. The number of hydrogen-bond donors (Lipinski definition) is 1. The lowest BCUT2D eigenvalue weighted by atomic mass is 10.0. The van der Waals surface area contributed by atoms with Gasteiger partial charge >= 0.3 is 0 Å². The smallest absolute Gasteiger partial charge is 0.275 e. The van der Waals surface area contributed by atoms with Crippen LogP contribution < -0.4 is 10.9 Å². The fourth-order valence-corrected chi connectivity index (χ4v) is 4.95. The van der Waals surface area contributed by atoms with Crippen molar-refractivity contribution in [2.45, 2.75) is 33.7 Å². The molecular weight excluding hydrogens is 488 g/mol. The number of likely N-dealkylation sites (N-methyl/N-ethyl adjacent to an activating group) is 1. The number of carbonyl (C=O) groups excluding carboxylic acids is 1. The first-order valence-corrected chi connectivity index (χ1v) is 13.4. The number of nitrogens with one attached hydrogen (secondary N) is 1. The van der Waals surface area contributed by atoms with Crippen molar-refractivity contribution in [3.63, 3.8) is 0 Å². The van der Waals surface area contributed by atoms with Crippen molar-refractivity contribution >= 4 is 33.4 Å². The highest BCUT2D eigenvalue weighted by Gasteiger charge is 2.15. The van der Waals surface area contributed by atoms with Crippen LogP contribution in [-0.2, 0) is 24.8 Å². The monoisotopic (exact) mass is 522 g/mol. The van der Waals surface area contributed by atoms with E-state index in [1.807, 2.05) is 74.6 Å². The zero-order valence-corrected chi connectivity index (χ0v) is 22.9. The molecule has 2 heterocycles. The highest BCUT2D eigenvalue weighted by molar-refractivity contribution is 5.95. The van der Waals surface area contributed by atoms with Crippen LogP contribution >= 0.6 is 0 Å². The average molecular weight is 523 g/mol. The van der Waals surface area contributed by atoms with Gasteiger partial charge in [-0.1, -0.05) is 61.9 Å². The lowest BCUT2D eigenvalue weighted by molar-refractivity contribution is -0.117. The van der Waals surface area contributed by atoms with Gasteiger partial charge in [-0.2, -0.15) is 5.10 Å². The van der Waals surface area contributed by atoms with Gasteiger partial charge in [0.1, 0.15) is 12.4 Å². The molecule has 200 valence electrons. The van der Waals surface area contributed by atoms with Crippen LogP contribution in [0.5, 0.6) is 0 Å². The van der Waals surface area contributed by atoms with Crippen LogP contribution in [0.2, 0.25) is 0 Å². The molecule has 0 atom stereocenters. The number of aromatic nitrogens is 4. The van der Waals surface area contributed by atoms with Crippen LogP contribution in [0.3, 0.4) is 0 Å². The van der Waals surface area contributed by atoms with E-state index >= 15 is 0 Å². The van der Waals surface area contributed by atoms with Crippen LogP contribution in [0.15, 0.2) is 71.5 Å². The van der Waals surface area contributed by atoms with E-state index in [2.05, 4.69) is 33.7 Å². The van der Waals surface area contributed by atoms with Crippen LogP contribution in [0.25, 0.3) is 33.1 Å². The molecule has 8 heteroatoms. The van der Waals surface area contributed by atoms with Gasteiger partial charge in [0, 0.05) is 36.7 Å². The second kappa shape index (κ2) is 11.2. The Hall–Kier alpha value is -4.30. The molecule has 0 bridgehead atoms. The van der Waals surface area contributed by atoms with Gasteiger partial charge in [-0.15, -0.1) is 0 Å². The van der Waals surface area contributed by atoms with Gasteiger partial charge in [0.15, 0.2) is 0 Å². The van der Waals surface area contributed by atoms with Crippen molar-refractivity contribution in [3.05, 3.63) is 88.5 Å². The molecule has 0 spiro atoms. The summed E-state index contributed by atoms with van der Waals surface area (Å²) in [4.78, 5) is 33.5. The number of rotatable bonds is 9. The number of imidazole rings is 1. The van der Waals surface area contributed by atoms with E-state index in [0.717, 1.165) is 59.4 Å². The van der Waals surface area contributed by atoms with E-state index in [1.165, 1.54) is 4.68 Å². The Balaban J connectivity index is 1.39. The Morgan fingerprint density at radius 2 is 1.69 bits per heavy atom. The van der Waals surface area contributed by atoms with Gasteiger partial charge in [-0.25, -0.2) is 9.67 Å². The van der Waals surface area contributed by atoms with E-state index < -0.39 is 0 Å². The fourth-order valence-electron chi connectivity index (χ4n) is 4.95. The predicted octanol–water partition coefficient (Wildman–Crippen LogP) is 4.78. The van der Waals surface area contributed by atoms with Crippen molar-refractivity contribution < 1.29 is 4.79 Å². The molecule has 1 amide bonds. The number of aryl methyl sites for hydroxylation is 2. The van der Waals surface area contributed by atoms with Crippen molar-refractivity contribution in [2.24, 2.45) is 7.05 Å². The molecule has 3 aromatic carbocycles. The summed E-state index contributed by atoms with van der Waals surface area (Å²) < 4.78 is 3.35. The molecule has 0 unspecified atom stereocenters. The first-order chi connectivity index (χ1) is 18.9. The van der Waals surface area contributed by atoms with Crippen LogP contribution in [0, 0.1) is 6.92 Å². The molecule has 0 saturated heterocycles. The first kappa shape index (κ1) is 26.3. The van der Waals surface area contributed by atoms with Gasteiger partial charge in [0.25, 0.3) is 5.56 Å². The summed E-state index contributed by atoms with van der Waals surface area (Å²) in [7, 11) is 2.02. The van der Waals surface area contributed by atoms with Gasteiger partial charge in [-0.05, 0) is 44.3 Å². The molecule has 0 radical (unpaired) electrons. The van der Waals surface area contributed by atoms with E-state index in [-0.39, 0.29) is 18.0 Å². The van der Waals surface area contributed by atoms with Gasteiger partial charge < -0.3 is 14.8 Å². The van der Waals surface area contributed by atoms with Gasteiger partial charge in [0.05, 0.1) is 22.1 Å². The predicted molar refractivity (Wildman–Crippen MR) is 157 cm³/mol. The van der Waals surface area contributed by atoms with Crippen LogP contribution in [0.4, 0.5) is 5.69 Å². The SMILES string of the molecule is CCN(CC)CCc1nc2cc(NC(=O)Cn3nc(-c4ccc(C)cc4)c4ccccc4c3=O)ccc2n1C. The number of nitrogens with zero attached hydrogens (tertiary/aromatic N) is 5. The zero-order valence-electron chi connectivity index (χ0n) is 22.9. The number of carbonyl (C=O) groups is 1. The maximum absolute atomic E-state index is 13.2. The number of fused-ring (bicyclic) bond motifs is 2. The van der Waals surface area contributed by atoms with E-state index in [0.29, 0.717) is 16.8 Å². The van der Waals surface area contributed by atoms with Crippen LogP contribution in [-0.4, -0.2) is 49.8 Å². The largest absolute Gasteiger partial charge is 0.331 e. The standard InChI is InChI=1S/C31H34N6O2/c1-5-36(6-2)18-17-28-33-26-19-23(15-16-27(26)35(28)4)32-29(38)20-37-31(39)25-10-8-7-9-24(25)30(34-37)22-13-11-21(3)12-14-22/h7-16,19H,5-6,17-18,20H2,1-4H3,(H,32,38). The Labute approximate surface area is 227 Å². The number of amides is 1.